The van der Waals surface area contributed by atoms with Gasteiger partial charge in [0.15, 0.2) is 0 Å². The SMILES string of the molecule is Cc1ccccc1CSCc1cc(C)c(C(=O)O)o1. The number of carboxylic acid groups (broad SMARTS) is 1. The zero-order chi connectivity index (χ0) is 13.8. The van der Waals surface area contributed by atoms with Crippen LogP contribution in [-0.2, 0) is 11.5 Å². The molecule has 0 fully saturated rings. The van der Waals surface area contributed by atoms with Crippen molar-refractivity contribution in [3.05, 3.63) is 58.5 Å². The first kappa shape index (κ1) is 13.7. The molecule has 0 unspecified atom stereocenters. The number of hydrogen-bond acceptors (Lipinski definition) is 3. The van der Waals surface area contributed by atoms with Gasteiger partial charge in [-0.2, -0.15) is 0 Å². The van der Waals surface area contributed by atoms with E-state index in [1.807, 2.05) is 12.1 Å². The van der Waals surface area contributed by atoms with Gasteiger partial charge in [0.05, 0.1) is 5.75 Å². The summed E-state index contributed by atoms with van der Waals surface area (Å²) < 4.78 is 5.32. The fraction of sp³-hybridized carbons (Fsp3) is 0.267. The van der Waals surface area contributed by atoms with Gasteiger partial charge in [-0.05, 0) is 31.0 Å². The van der Waals surface area contributed by atoms with Crippen molar-refractivity contribution in [1.82, 2.24) is 0 Å². The van der Waals surface area contributed by atoms with Gasteiger partial charge in [0.1, 0.15) is 5.76 Å². The van der Waals surface area contributed by atoms with Crippen molar-refractivity contribution in [2.45, 2.75) is 25.4 Å². The van der Waals surface area contributed by atoms with Gasteiger partial charge >= 0.3 is 5.97 Å². The zero-order valence-electron chi connectivity index (χ0n) is 11.0. The van der Waals surface area contributed by atoms with E-state index in [0.717, 1.165) is 5.75 Å². The van der Waals surface area contributed by atoms with Gasteiger partial charge in [-0.3, -0.25) is 0 Å². The second-order valence-electron chi connectivity index (χ2n) is 4.45. The Bertz CT molecular complexity index is 587. The number of furan rings is 1. The van der Waals surface area contributed by atoms with Crippen LogP contribution in [0.3, 0.4) is 0 Å². The summed E-state index contributed by atoms with van der Waals surface area (Å²) in [6.45, 7) is 3.85. The van der Waals surface area contributed by atoms with Crippen molar-refractivity contribution in [3.8, 4) is 0 Å². The Morgan fingerprint density at radius 2 is 1.95 bits per heavy atom. The van der Waals surface area contributed by atoms with Gasteiger partial charge in [-0.25, -0.2) is 4.79 Å². The van der Waals surface area contributed by atoms with Crippen molar-refractivity contribution in [2.24, 2.45) is 0 Å². The Hall–Kier alpha value is -1.68. The molecule has 0 aliphatic rings. The Morgan fingerprint density at radius 1 is 1.21 bits per heavy atom. The molecule has 1 aromatic carbocycles. The second-order valence-corrected chi connectivity index (χ2v) is 5.43. The molecule has 1 N–H and O–H groups in total. The summed E-state index contributed by atoms with van der Waals surface area (Å²) in [5, 5.41) is 8.92. The van der Waals surface area contributed by atoms with Crippen LogP contribution in [0, 0.1) is 13.8 Å². The van der Waals surface area contributed by atoms with E-state index in [1.54, 1.807) is 24.8 Å². The molecule has 0 saturated heterocycles. The fourth-order valence-electron chi connectivity index (χ4n) is 1.87. The molecule has 2 aromatic rings. The molecule has 0 saturated carbocycles. The minimum atomic E-state index is -1.01. The molecule has 1 heterocycles. The lowest BCUT2D eigenvalue weighted by atomic mass is 10.1. The standard InChI is InChI=1S/C15H16O3S/c1-10-5-3-4-6-12(10)8-19-9-13-7-11(2)14(18-13)15(16)17/h3-7H,8-9H2,1-2H3,(H,16,17). The summed E-state index contributed by atoms with van der Waals surface area (Å²) in [4.78, 5) is 10.9. The summed E-state index contributed by atoms with van der Waals surface area (Å²) in [5.41, 5.74) is 3.25. The number of carbonyl (C=O) groups is 1. The second kappa shape index (κ2) is 5.97. The Labute approximate surface area is 116 Å². The third-order valence-corrected chi connectivity index (χ3v) is 3.93. The van der Waals surface area contributed by atoms with Crippen LogP contribution in [0.25, 0.3) is 0 Å². The summed E-state index contributed by atoms with van der Waals surface area (Å²) in [7, 11) is 0. The van der Waals surface area contributed by atoms with E-state index in [-0.39, 0.29) is 5.76 Å². The summed E-state index contributed by atoms with van der Waals surface area (Å²) in [6, 6.07) is 10.1. The molecule has 0 bridgehead atoms. The number of rotatable bonds is 5. The number of aromatic carboxylic acids is 1. The van der Waals surface area contributed by atoms with Crippen molar-refractivity contribution in [2.75, 3.05) is 0 Å². The molecule has 1 aromatic heterocycles. The maximum atomic E-state index is 10.9. The Morgan fingerprint density at radius 3 is 2.58 bits per heavy atom. The maximum absolute atomic E-state index is 10.9. The van der Waals surface area contributed by atoms with E-state index < -0.39 is 5.97 Å². The third-order valence-electron chi connectivity index (χ3n) is 2.93. The Balaban J connectivity index is 1.95. The largest absolute Gasteiger partial charge is 0.475 e. The van der Waals surface area contributed by atoms with E-state index in [0.29, 0.717) is 17.1 Å². The molecular weight excluding hydrogens is 260 g/mol. The molecule has 100 valence electrons. The van der Waals surface area contributed by atoms with Gasteiger partial charge in [0.25, 0.3) is 0 Å². The molecule has 0 aliphatic heterocycles. The molecule has 0 amide bonds. The average Bonchev–Trinajstić information content (AvgIpc) is 2.73. The third kappa shape index (κ3) is 3.41. The highest BCUT2D eigenvalue weighted by Gasteiger charge is 2.14. The minimum Gasteiger partial charge on any atom is -0.475 e. The van der Waals surface area contributed by atoms with Gasteiger partial charge in [0.2, 0.25) is 5.76 Å². The predicted octanol–water partition coefficient (Wildman–Crippen LogP) is 4.03. The van der Waals surface area contributed by atoms with Gasteiger partial charge < -0.3 is 9.52 Å². The van der Waals surface area contributed by atoms with Crippen LogP contribution in [0.4, 0.5) is 0 Å². The number of hydrogen-bond donors (Lipinski definition) is 1. The summed E-state index contributed by atoms with van der Waals surface area (Å²) in [6.07, 6.45) is 0. The van der Waals surface area contributed by atoms with Crippen LogP contribution >= 0.6 is 11.8 Å². The summed E-state index contributed by atoms with van der Waals surface area (Å²) >= 11 is 1.72. The first-order valence-electron chi connectivity index (χ1n) is 6.03. The van der Waals surface area contributed by atoms with Crippen LogP contribution < -0.4 is 0 Å². The monoisotopic (exact) mass is 276 g/mol. The van der Waals surface area contributed by atoms with E-state index in [9.17, 15) is 4.79 Å². The molecule has 4 heteroatoms. The first-order chi connectivity index (χ1) is 9.08. The van der Waals surface area contributed by atoms with E-state index >= 15 is 0 Å². The van der Waals surface area contributed by atoms with Crippen molar-refractivity contribution < 1.29 is 14.3 Å². The van der Waals surface area contributed by atoms with Crippen molar-refractivity contribution in [3.63, 3.8) is 0 Å². The Kier molecular flexibility index (Phi) is 4.32. The summed E-state index contributed by atoms with van der Waals surface area (Å²) in [5.74, 6) is 1.34. The highest BCUT2D eigenvalue weighted by Crippen LogP contribution is 2.23. The van der Waals surface area contributed by atoms with Crippen LogP contribution in [0.15, 0.2) is 34.7 Å². The minimum absolute atomic E-state index is 0.0477. The lowest BCUT2D eigenvalue weighted by Gasteiger charge is -2.03. The highest BCUT2D eigenvalue weighted by molar-refractivity contribution is 7.97. The predicted molar refractivity (Wildman–Crippen MR) is 76.6 cm³/mol. The number of benzene rings is 1. The fourth-order valence-corrected chi connectivity index (χ4v) is 2.85. The van der Waals surface area contributed by atoms with Crippen LogP contribution in [0.2, 0.25) is 0 Å². The molecular formula is C15H16O3S. The van der Waals surface area contributed by atoms with Crippen LogP contribution in [0.5, 0.6) is 0 Å². The normalized spacial score (nSPS) is 10.6. The maximum Gasteiger partial charge on any atom is 0.372 e. The number of thioether (sulfide) groups is 1. The van der Waals surface area contributed by atoms with Gasteiger partial charge in [-0.15, -0.1) is 11.8 Å². The molecule has 2 rings (SSSR count). The quantitative estimate of drug-likeness (QED) is 0.895. The lowest BCUT2D eigenvalue weighted by molar-refractivity contribution is 0.0659. The molecule has 0 atom stereocenters. The molecule has 0 radical (unpaired) electrons. The lowest BCUT2D eigenvalue weighted by Crippen LogP contribution is -1.94. The average molecular weight is 276 g/mol. The number of carboxylic acids is 1. The van der Waals surface area contributed by atoms with Gasteiger partial charge in [0, 0.05) is 11.3 Å². The zero-order valence-corrected chi connectivity index (χ0v) is 11.8. The molecule has 0 spiro atoms. The highest BCUT2D eigenvalue weighted by atomic mass is 32.2. The van der Waals surface area contributed by atoms with Crippen molar-refractivity contribution >= 4 is 17.7 Å². The topological polar surface area (TPSA) is 50.4 Å². The molecule has 19 heavy (non-hydrogen) atoms. The van der Waals surface area contributed by atoms with Gasteiger partial charge in [-0.1, -0.05) is 24.3 Å². The van der Waals surface area contributed by atoms with Crippen LogP contribution in [-0.4, -0.2) is 11.1 Å². The molecule has 0 aliphatic carbocycles. The van der Waals surface area contributed by atoms with E-state index in [1.165, 1.54) is 11.1 Å². The van der Waals surface area contributed by atoms with E-state index in [2.05, 4.69) is 19.1 Å². The first-order valence-corrected chi connectivity index (χ1v) is 7.18. The molecule has 3 nitrogen and oxygen atoms in total. The smallest absolute Gasteiger partial charge is 0.372 e. The van der Waals surface area contributed by atoms with E-state index in [4.69, 9.17) is 9.52 Å². The van der Waals surface area contributed by atoms with Crippen molar-refractivity contribution in [1.29, 1.82) is 0 Å². The number of aryl methyl sites for hydroxylation is 2. The van der Waals surface area contributed by atoms with Crippen LogP contribution in [0.1, 0.15) is 33.0 Å².